The number of aryl methyl sites for hydroxylation is 4. The first-order valence-electron chi connectivity index (χ1n) is 6.58. The lowest BCUT2D eigenvalue weighted by atomic mass is 9.99. The van der Waals surface area contributed by atoms with E-state index in [1.165, 1.54) is 0 Å². The van der Waals surface area contributed by atoms with Crippen molar-refractivity contribution < 1.29 is 13.7 Å². The summed E-state index contributed by atoms with van der Waals surface area (Å²) >= 11 is 0. The lowest BCUT2D eigenvalue weighted by molar-refractivity contribution is 0.393. The number of benzene rings is 1. The van der Waals surface area contributed by atoms with Crippen LogP contribution in [0.5, 0.6) is 0 Å². The maximum absolute atomic E-state index is 10.6. The molecule has 0 radical (unpaired) electrons. The monoisotopic (exact) mass is 282 g/mol. The fourth-order valence-electron chi connectivity index (χ4n) is 2.65. The van der Waals surface area contributed by atoms with Crippen LogP contribution >= 0.6 is 0 Å². The third kappa shape index (κ3) is 1.90. The number of rotatable bonds is 2. The third-order valence-corrected chi connectivity index (χ3v) is 3.76. The summed E-state index contributed by atoms with van der Waals surface area (Å²) < 4.78 is 11.1. The van der Waals surface area contributed by atoms with Crippen molar-refractivity contribution in [2.75, 3.05) is 0 Å². The molecule has 0 bridgehead atoms. The highest BCUT2D eigenvalue weighted by molar-refractivity contribution is 6.02. The van der Waals surface area contributed by atoms with E-state index in [1.807, 2.05) is 33.8 Å². The molecule has 0 aliphatic carbocycles. The molecule has 0 aliphatic heterocycles. The summed E-state index contributed by atoms with van der Waals surface area (Å²) in [7, 11) is 0. The van der Waals surface area contributed by atoms with E-state index in [1.54, 1.807) is 12.1 Å². The van der Waals surface area contributed by atoms with Gasteiger partial charge in [-0.2, -0.15) is 4.99 Å². The number of aliphatic imine (C=N–C) groups is 1. The van der Waals surface area contributed by atoms with Gasteiger partial charge in [-0.1, -0.05) is 5.16 Å². The van der Waals surface area contributed by atoms with Gasteiger partial charge in [0.2, 0.25) is 6.08 Å². The summed E-state index contributed by atoms with van der Waals surface area (Å²) in [4.78, 5) is 14.4. The minimum Gasteiger partial charge on any atom is -0.460 e. The molecule has 2 aromatic heterocycles. The Bertz CT molecular complexity index is 877. The third-order valence-electron chi connectivity index (χ3n) is 3.76. The van der Waals surface area contributed by atoms with Crippen LogP contribution in [-0.4, -0.2) is 11.2 Å². The van der Waals surface area contributed by atoms with E-state index < -0.39 is 0 Å². The number of hydrogen-bond acceptors (Lipinski definition) is 5. The molecule has 0 aliphatic rings. The van der Waals surface area contributed by atoms with Crippen LogP contribution in [0, 0.1) is 27.7 Å². The van der Waals surface area contributed by atoms with Crippen LogP contribution in [0.2, 0.25) is 0 Å². The summed E-state index contributed by atoms with van der Waals surface area (Å²) in [5.74, 6) is 1.53. The van der Waals surface area contributed by atoms with E-state index in [-0.39, 0.29) is 0 Å². The van der Waals surface area contributed by atoms with E-state index in [4.69, 9.17) is 8.94 Å². The average Bonchev–Trinajstić information content (AvgIpc) is 2.93. The van der Waals surface area contributed by atoms with Crippen LogP contribution in [0.4, 0.5) is 5.69 Å². The van der Waals surface area contributed by atoms with Gasteiger partial charge < -0.3 is 8.94 Å². The SMILES string of the molecule is Cc1noc(C)c1-c1ccc(N=C=O)c2c(C)c(C)oc12. The van der Waals surface area contributed by atoms with Gasteiger partial charge in [-0.3, -0.25) is 0 Å². The Morgan fingerprint density at radius 1 is 1.14 bits per heavy atom. The van der Waals surface area contributed by atoms with Crippen molar-refractivity contribution in [2.45, 2.75) is 27.7 Å². The van der Waals surface area contributed by atoms with Gasteiger partial charge in [-0.25, -0.2) is 4.79 Å². The molecule has 0 N–H and O–H groups in total. The topological polar surface area (TPSA) is 68.6 Å². The first-order chi connectivity index (χ1) is 10.0. The van der Waals surface area contributed by atoms with Crippen LogP contribution in [0.15, 0.2) is 26.1 Å². The molecule has 0 saturated heterocycles. The molecule has 106 valence electrons. The fourth-order valence-corrected chi connectivity index (χ4v) is 2.65. The molecule has 0 atom stereocenters. The predicted molar refractivity (Wildman–Crippen MR) is 78.4 cm³/mol. The largest absolute Gasteiger partial charge is 0.460 e. The highest BCUT2D eigenvalue weighted by atomic mass is 16.5. The van der Waals surface area contributed by atoms with Gasteiger partial charge >= 0.3 is 0 Å². The molecule has 1 aromatic carbocycles. The fraction of sp³-hybridized carbons (Fsp3) is 0.250. The summed E-state index contributed by atoms with van der Waals surface area (Å²) in [6.45, 7) is 7.59. The number of carbonyl (C=O) groups excluding carboxylic acids is 1. The van der Waals surface area contributed by atoms with E-state index in [2.05, 4.69) is 10.1 Å². The van der Waals surface area contributed by atoms with Crippen molar-refractivity contribution in [2.24, 2.45) is 4.99 Å². The molecule has 21 heavy (non-hydrogen) atoms. The summed E-state index contributed by atoms with van der Waals surface area (Å²) in [5.41, 5.74) is 4.82. The van der Waals surface area contributed by atoms with Gasteiger partial charge in [0, 0.05) is 11.1 Å². The van der Waals surface area contributed by atoms with Gasteiger partial charge in [0.1, 0.15) is 17.1 Å². The standard InChI is InChI=1S/C16H14N2O3/c1-8-10(3)20-16-12(15-9(2)18-21-11(15)4)5-6-13(14(8)16)17-7-19/h5-6H,1-4H3. The Morgan fingerprint density at radius 3 is 2.52 bits per heavy atom. The number of isocyanates is 1. The molecule has 3 rings (SSSR count). The van der Waals surface area contributed by atoms with E-state index in [9.17, 15) is 4.79 Å². The van der Waals surface area contributed by atoms with Crippen LogP contribution < -0.4 is 0 Å². The molecular weight excluding hydrogens is 268 g/mol. The molecule has 0 amide bonds. The van der Waals surface area contributed by atoms with E-state index in [0.29, 0.717) is 11.3 Å². The maximum Gasteiger partial charge on any atom is 0.240 e. The van der Waals surface area contributed by atoms with Crippen molar-refractivity contribution in [1.82, 2.24) is 5.16 Å². The van der Waals surface area contributed by atoms with Crippen molar-refractivity contribution in [3.8, 4) is 11.1 Å². The summed E-state index contributed by atoms with van der Waals surface area (Å²) in [6, 6.07) is 3.66. The normalized spacial score (nSPS) is 10.9. The Labute approximate surface area is 121 Å². The molecule has 0 unspecified atom stereocenters. The molecule has 0 saturated carbocycles. The van der Waals surface area contributed by atoms with Gasteiger partial charge in [0.25, 0.3) is 0 Å². The summed E-state index contributed by atoms with van der Waals surface area (Å²) in [6.07, 6.45) is 1.59. The lowest BCUT2D eigenvalue weighted by Crippen LogP contribution is -1.84. The Balaban J connectivity index is 2.44. The Hall–Kier alpha value is -2.65. The van der Waals surface area contributed by atoms with Gasteiger partial charge in [0.05, 0.1) is 22.3 Å². The van der Waals surface area contributed by atoms with Crippen molar-refractivity contribution in [3.63, 3.8) is 0 Å². The minimum atomic E-state index is 0.560. The number of aromatic nitrogens is 1. The Kier molecular flexibility index (Phi) is 3.00. The first-order valence-corrected chi connectivity index (χ1v) is 6.58. The van der Waals surface area contributed by atoms with Gasteiger partial charge in [0.15, 0.2) is 0 Å². The predicted octanol–water partition coefficient (Wildman–Crippen LogP) is 4.29. The Morgan fingerprint density at radius 2 is 1.90 bits per heavy atom. The van der Waals surface area contributed by atoms with Crippen molar-refractivity contribution in [1.29, 1.82) is 0 Å². The zero-order valence-corrected chi connectivity index (χ0v) is 12.3. The van der Waals surface area contributed by atoms with Crippen LogP contribution in [-0.2, 0) is 4.79 Å². The van der Waals surface area contributed by atoms with Crippen LogP contribution in [0.1, 0.15) is 22.8 Å². The van der Waals surface area contributed by atoms with Gasteiger partial charge in [-0.15, -0.1) is 0 Å². The molecular formula is C16H14N2O3. The second kappa shape index (κ2) is 4.72. The average molecular weight is 282 g/mol. The second-order valence-corrected chi connectivity index (χ2v) is 5.02. The molecule has 3 aromatic rings. The maximum atomic E-state index is 10.6. The molecule has 2 heterocycles. The van der Waals surface area contributed by atoms with Crippen LogP contribution in [0.3, 0.4) is 0 Å². The molecule has 5 nitrogen and oxygen atoms in total. The van der Waals surface area contributed by atoms with Gasteiger partial charge in [-0.05, 0) is 39.8 Å². The molecule has 0 fully saturated rings. The number of fused-ring (bicyclic) bond motifs is 1. The summed E-state index contributed by atoms with van der Waals surface area (Å²) in [5, 5.41) is 4.81. The number of hydrogen-bond donors (Lipinski definition) is 0. The van der Waals surface area contributed by atoms with Crippen molar-refractivity contribution in [3.05, 3.63) is 34.9 Å². The smallest absolute Gasteiger partial charge is 0.240 e. The van der Waals surface area contributed by atoms with Crippen molar-refractivity contribution >= 4 is 22.7 Å². The van der Waals surface area contributed by atoms with E-state index in [0.717, 1.165) is 39.3 Å². The molecule has 5 heteroatoms. The van der Waals surface area contributed by atoms with E-state index >= 15 is 0 Å². The zero-order valence-electron chi connectivity index (χ0n) is 12.3. The first kappa shape index (κ1) is 13.3. The zero-order chi connectivity index (χ0) is 15.1. The highest BCUT2D eigenvalue weighted by Crippen LogP contribution is 2.41. The minimum absolute atomic E-state index is 0.560. The van der Waals surface area contributed by atoms with Crippen LogP contribution in [0.25, 0.3) is 22.1 Å². The number of nitrogens with zero attached hydrogens (tertiary/aromatic N) is 2. The highest BCUT2D eigenvalue weighted by Gasteiger charge is 2.20. The molecule has 0 spiro atoms. The lowest BCUT2D eigenvalue weighted by Gasteiger charge is -2.03. The number of furan rings is 1. The quantitative estimate of drug-likeness (QED) is 0.519. The second-order valence-electron chi connectivity index (χ2n) is 5.02.